The van der Waals surface area contributed by atoms with Crippen molar-refractivity contribution in [2.75, 3.05) is 11.5 Å². The Kier molecular flexibility index (Phi) is 2.76. The third-order valence-electron chi connectivity index (χ3n) is 3.11. The number of nitrogens with two attached hydrogens (primary N) is 4. The van der Waals surface area contributed by atoms with E-state index in [1.807, 2.05) is 0 Å². The molecular formula is C12H16N4O2. The molecule has 2 unspecified atom stereocenters. The van der Waals surface area contributed by atoms with Crippen LogP contribution < -0.4 is 22.9 Å². The summed E-state index contributed by atoms with van der Waals surface area (Å²) in [6.07, 6.45) is 1.06. The topological polar surface area (TPSA) is 130 Å². The Balaban J connectivity index is 2.29. The van der Waals surface area contributed by atoms with Gasteiger partial charge in [0.25, 0.3) is 0 Å². The van der Waals surface area contributed by atoms with Crippen LogP contribution in [-0.2, 0) is 9.53 Å². The second-order valence-electron chi connectivity index (χ2n) is 4.49. The van der Waals surface area contributed by atoms with Crippen LogP contribution >= 0.6 is 0 Å². The van der Waals surface area contributed by atoms with Gasteiger partial charge in [0.2, 0.25) is 0 Å². The summed E-state index contributed by atoms with van der Waals surface area (Å²) in [6, 6.07) is 5.03. The molecule has 0 spiro atoms. The number of rotatable bonds is 3. The Morgan fingerprint density at radius 1 is 1.28 bits per heavy atom. The van der Waals surface area contributed by atoms with Gasteiger partial charge in [-0.2, -0.15) is 0 Å². The van der Waals surface area contributed by atoms with Gasteiger partial charge in [-0.1, -0.05) is 6.58 Å². The second-order valence-corrected chi connectivity index (χ2v) is 4.49. The predicted octanol–water partition coefficient (Wildman–Crippen LogP) is -0.135. The molecule has 0 saturated heterocycles. The molecule has 1 aliphatic carbocycles. The minimum Gasteiger partial charge on any atom is -0.435 e. The van der Waals surface area contributed by atoms with E-state index in [1.54, 1.807) is 18.2 Å². The first-order valence-electron chi connectivity index (χ1n) is 5.43. The molecule has 18 heavy (non-hydrogen) atoms. The maximum absolute atomic E-state index is 11.7. The normalized spacial score (nSPS) is 24.3. The van der Waals surface area contributed by atoms with Gasteiger partial charge >= 0.3 is 5.97 Å². The molecule has 1 fully saturated rings. The third-order valence-corrected chi connectivity index (χ3v) is 3.11. The molecule has 0 heterocycles. The molecule has 1 aromatic rings. The summed E-state index contributed by atoms with van der Waals surface area (Å²) in [7, 11) is 0. The summed E-state index contributed by atoms with van der Waals surface area (Å²) in [5.41, 5.74) is 23.8. The Labute approximate surface area is 105 Å². The minimum absolute atomic E-state index is 0.351. The van der Waals surface area contributed by atoms with Gasteiger partial charge in [-0.15, -0.1) is 0 Å². The molecule has 0 aromatic heterocycles. The van der Waals surface area contributed by atoms with Gasteiger partial charge in [-0.05, 0) is 23.8 Å². The smallest absolute Gasteiger partial charge is 0.317 e. The number of benzene rings is 1. The fourth-order valence-electron chi connectivity index (χ4n) is 2.29. The molecule has 1 aliphatic rings. The third kappa shape index (κ3) is 1.92. The quantitative estimate of drug-likeness (QED) is 0.255. The summed E-state index contributed by atoms with van der Waals surface area (Å²) in [5.74, 6) is -1.46. The van der Waals surface area contributed by atoms with E-state index in [-0.39, 0.29) is 5.92 Å². The largest absolute Gasteiger partial charge is 0.435 e. The maximum atomic E-state index is 11.7. The Morgan fingerprint density at radius 3 is 2.33 bits per heavy atom. The van der Waals surface area contributed by atoms with Gasteiger partial charge in [0.15, 0.2) is 0 Å². The van der Waals surface area contributed by atoms with Crippen molar-refractivity contribution in [2.45, 2.75) is 11.6 Å². The van der Waals surface area contributed by atoms with Crippen LogP contribution in [0.25, 0.3) is 0 Å². The van der Waals surface area contributed by atoms with Gasteiger partial charge < -0.3 is 27.7 Å². The highest BCUT2D eigenvalue weighted by atomic mass is 16.5. The molecule has 0 bridgehead atoms. The molecular weight excluding hydrogens is 232 g/mol. The highest BCUT2D eigenvalue weighted by Crippen LogP contribution is 2.53. The highest BCUT2D eigenvalue weighted by molar-refractivity contribution is 5.81. The molecule has 96 valence electrons. The van der Waals surface area contributed by atoms with Crippen molar-refractivity contribution in [1.82, 2.24) is 0 Å². The van der Waals surface area contributed by atoms with Crippen molar-refractivity contribution in [3.63, 3.8) is 0 Å². The number of hydrogen-bond acceptors (Lipinski definition) is 6. The van der Waals surface area contributed by atoms with Gasteiger partial charge in [0, 0.05) is 17.3 Å². The monoisotopic (exact) mass is 248 g/mol. The lowest BCUT2D eigenvalue weighted by molar-refractivity contribution is -0.140. The fraction of sp³-hybridized carbons (Fsp3) is 0.250. The lowest BCUT2D eigenvalue weighted by atomic mass is 10.1. The molecule has 8 N–H and O–H groups in total. The minimum atomic E-state index is -1.14. The Morgan fingerprint density at radius 2 is 1.83 bits per heavy atom. The molecule has 0 amide bonds. The molecule has 2 rings (SSSR count). The summed E-state index contributed by atoms with van der Waals surface area (Å²) in [4.78, 5) is 11.7. The Bertz CT molecular complexity index is 493. The maximum Gasteiger partial charge on any atom is 0.317 e. The zero-order valence-corrected chi connectivity index (χ0v) is 9.80. The average molecular weight is 248 g/mol. The first kappa shape index (κ1) is 12.4. The fourth-order valence-corrected chi connectivity index (χ4v) is 2.29. The summed E-state index contributed by atoms with van der Waals surface area (Å²) in [6.45, 7) is 3.32. The van der Waals surface area contributed by atoms with Crippen LogP contribution in [-0.4, -0.2) is 11.6 Å². The van der Waals surface area contributed by atoms with E-state index in [4.69, 9.17) is 27.7 Å². The average Bonchev–Trinajstić information content (AvgIpc) is 2.80. The summed E-state index contributed by atoms with van der Waals surface area (Å²) in [5, 5.41) is 0. The Hall–Kier alpha value is -2.05. The lowest BCUT2D eigenvalue weighted by Crippen LogP contribution is -2.39. The van der Waals surface area contributed by atoms with Crippen molar-refractivity contribution >= 4 is 17.3 Å². The van der Waals surface area contributed by atoms with Gasteiger partial charge in [-0.25, -0.2) is 0 Å². The van der Waals surface area contributed by atoms with E-state index < -0.39 is 17.6 Å². The van der Waals surface area contributed by atoms with Crippen LogP contribution in [0.15, 0.2) is 31.0 Å². The van der Waals surface area contributed by atoms with E-state index in [9.17, 15) is 4.79 Å². The number of hydrogen-bond donors (Lipinski definition) is 4. The molecule has 6 nitrogen and oxygen atoms in total. The van der Waals surface area contributed by atoms with Gasteiger partial charge in [0.1, 0.15) is 0 Å². The molecule has 1 aromatic carbocycles. The first-order chi connectivity index (χ1) is 8.37. The van der Waals surface area contributed by atoms with E-state index in [0.29, 0.717) is 11.4 Å². The van der Waals surface area contributed by atoms with E-state index in [0.717, 1.165) is 11.8 Å². The van der Waals surface area contributed by atoms with Crippen LogP contribution in [0.1, 0.15) is 11.5 Å². The number of esters is 1. The first-order valence-corrected chi connectivity index (χ1v) is 5.43. The summed E-state index contributed by atoms with van der Waals surface area (Å²) < 4.78 is 4.72. The van der Waals surface area contributed by atoms with Crippen LogP contribution in [0.3, 0.4) is 0 Å². The molecule has 0 aliphatic heterocycles. The highest BCUT2D eigenvalue weighted by Gasteiger charge is 2.65. The number of carbonyl (C=O) groups is 1. The summed E-state index contributed by atoms with van der Waals surface area (Å²) >= 11 is 0. The molecule has 1 saturated carbocycles. The zero-order valence-electron chi connectivity index (χ0n) is 9.80. The van der Waals surface area contributed by atoms with E-state index in [2.05, 4.69) is 6.58 Å². The van der Waals surface area contributed by atoms with E-state index >= 15 is 0 Å². The molecule has 2 atom stereocenters. The van der Waals surface area contributed by atoms with Crippen molar-refractivity contribution in [1.29, 1.82) is 0 Å². The van der Waals surface area contributed by atoms with Gasteiger partial charge in [-0.3, -0.25) is 4.79 Å². The van der Waals surface area contributed by atoms with Crippen molar-refractivity contribution < 1.29 is 9.53 Å². The van der Waals surface area contributed by atoms with Crippen LogP contribution in [0, 0.1) is 5.92 Å². The molecule has 6 heteroatoms. The SMILES string of the molecule is C=COC(=O)C1C(c2cc(N)cc(N)c2)C1(N)N. The van der Waals surface area contributed by atoms with Crippen LogP contribution in [0.4, 0.5) is 11.4 Å². The second kappa shape index (κ2) is 4.01. The number of ether oxygens (including phenoxy) is 1. The van der Waals surface area contributed by atoms with Crippen LogP contribution in [0.2, 0.25) is 0 Å². The number of anilines is 2. The van der Waals surface area contributed by atoms with Crippen molar-refractivity contribution in [3.8, 4) is 0 Å². The molecule has 0 radical (unpaired) electrons. The lowest BCUT2D eigenvalue weighted by Gasteiger charge is -2.05. The van der Waals surface area contributed by atoms with Gasteiger partial charge in [0.05, 0.1) is 17.8 Å². The van der Waals surface area contributed by atoms with Crippen LogP contribution in [0.5, 0.6) is 0 Å². The number of nitrogen functional groups attached to an aromatic ring is 2. The standard InChI is InChI=1S/C12H16N4O2/c1-2-18-11(17)10-9(12(10,15)16)6-3-7(13)5-8(14)4-6/h2-5,9-10H,1,13-16H2. The predicted molar refractivity (Wildman–Crippen MR) is 68.9 cm³/mol. The number of carbonyl (C=O) groups excluding carboxylic acids is 1. The van der Waals surface area contributed by atoms with Crippen molar-refractivity contribution in [3.05, 3.63) is 36.6 Å². The zero-order chi connectivity index (χ0) is 13.5. The van der Waals surface area contributed by atoms with Crippen molar-refractivity contribution in [2.24, 2.45) is 17.4 Å². The van der Waals surface area contributed by atoms with E-state index in [1.165, 1.54) is 0 Å².